The second-order valence-electron chi connectivity index (χ2n) is 5.13. The number of urea groups is 1. The van der Waals surface area contributed by atoms with E-state index >= 15 is 0 Å². The third-order valence-corrected chi connectivity index (χ3v) is 3.25. The van der Waals surface area contributed by atoms with Crippen LogP contribution in [-0.4, -0.2) is 37.9 Å². The van der Waals surface area contributed by atoms with Crippen molar-refractivity contribution in [2.24, 2.45) is 0 Å². The molecule has 1 N–H and O–H groups in total. The molecule has 2 heterocycles. The molecule has 0 spiro atoms. The summed E-state index contributed by atoms with van der Waals surface area (Å²) in [4.78, 5) is 17.7. The Morgan fingerprint density at radius 1 is 1.46 bits per heavy atom. The molecular weight excluding hydrogens is 315 g/mol. The first-order valence-corrected chi connectivity index (χ1v) is 7.14. The first kappa shape index (κ1) is 15.7. The molecule has 9 heteroatoms. The lowest BCUT2D eigenvalue weighted by Crippen LogP contribution is -2.31. The van der Waals surface area contributed by atoms with E-state index in [-0.39, 0.29) is 6.54 Å². The van der Waals surface area contributed by atoms with Crippen LogP contribution in [0.15, 0.2) is 41.2 Å². The quantitative estimate of drug-likeness (QED) is 0.793. The van der Waals surface area contributed by atoms with Crippen molar-refractivity contribution in [3.05, 3.63) is 54.2 Å². The van der Waals surface area contributed by atoms with Crippen LogP contribution in [0.5, 0.6) is 0 Å². The van der Waals surface area contributed by atoms with Crippen molar-refractivity contribution in [2.45, 2.75) is 13.5 Å². The zero-order valence-electron chi connectivity index (χ0n) is 13.1. The molecule has 0 saturated carbocycles. The number of aryl methyl sites for hydroxylation is 1. The fourth-order valence-corrected chi connectivity index (χ4v) is 2.12. The topological polar surface area (TPSA) is 89.1 Å². The van der Waals surface area contributed by atoms with Crippen molar-refractivity contribution in [1.82, 2.24) is 24.8 Å². The van der Waals surface area contributed by atoms with Gasteiger partial charge >= 0.3 is 6.03 Å². The van der Waals surface area contributed by atoms with E-state index in [1.807, 2.05) is 0 Å². The standard InChI is InChI=1S/C15H15FN6O2/c1-10-18-14(20-24-10)9-21(2)15(23)19-12-8-11(16)4-5-13(12)22-7-3-6-17-22/h3-8H,9H2,1-2H3,(H,19,23). The SMILES string of the molecule is Cc1nc(CN(C)C(=O)Nc2cc(F)ccc2-n2cccn2)no1. The van der Waals surface area contributed by atoms with Gasteiger partial charge in [0.15, 0.2) is 5.82 Å². The van der Waals surface area contributed by atoms with Gasteiger partial charge in [0.05, 0.1) is 17.9 Å². The van der Waals surface area contributed by atoms with Crippen molar-refractivity contribution in [2.75, 3.05) is 12.4 Å². The molecule has 0 aliphatic carbocycles. The summed E-state index contributed by atoms with van der Waals surface area (Å²) in [5, 5.41) is 10.5. The lowest BCUT2D eigenvalue weighted by molar-refractivity contribution is 0.219. The summed E-state index contributed by atoms with van der Waals surface area (Å²) in [6.07, 6.45) is 3.30. The Hall–Kier alpha value is -3.23. The third-order valence-electron chi connectivity index (χ3n) is 3.25. The van der Waals surface area contributed by atoms with Crippen LogP contribution in [0, 0.1) is 12.7 Å². The Kier molecular flexibility index (Phi) is 4.23. The van der Waals surface area contributed by atoms with E-state index < -0.39 is 11.8 Å². The van der Waals surface area contributed by atoms with Gasteiger partial charge in [-0.2, -0.15) is 10.1 Å². The van der Waals surface area contributed by atoms with Crippen LogP contribution in [0.25, 0.3) is 5.69 Å². The van der Waals surface area contributed by atoms with Crippen LogP contribution in [0.4, 0.5) is 14.9 Å². The predicted molar refractivity (Wildman–Crippen MR) is 83.0 cm³/mol. The molecule has 0 bridgehead atoms. The van der Waals surface area contributed by atoms with Crippen molar-refractivity contribution in [1.29, 1.82) is 0 Å². The van der Waals surface area contributed by atoms with E-state index in [9.17, 15) is 9.18 Å². The van der Waals surface area contributed by atoms with E-state index in [2.05, 4.69) is 20.6 Å². The highest BCUT2D eigenvalue weighted by molar-refractivity contribution is 5.91. The number of carbonyl (C=O) groups excluding carboxylic acids is 1. The van der Waals surface area contributed by atoms with Gasteiger partial charge in [0.1, 0.15) is 5.82 Å². The highest BCUT2D eigenvalue weighted by atomic mass is 19.1. The lowest BCUT2D eigenvalue weighted by atomic mass is 10.2. The Balaban J connectivity index is 1.77. The molecule has 1 aromatic carbocycles. The highest BCUT2D eigenvalue weighted by Crippen LogP contribution is 2.21. The third kappa shape index (κ3) is 3.40. The summed E-state index contributed by atoms with van der Waals surface area (Å²) in [7, 11) is 1.58. The number of carbonyl (C=O) groups is 1. The van der Waals surface area contributed by atoms with Gasteiger partial charge in [-0.25, -0.2) is 13.9 Å². The Labute approximate surface area is 136 Å². The molecule has 0 fully saturated rings. The summed E-state index contributed by atoms with van der Waals surface area (Å²) >= 11 is 0. The number of rotatable bonds is 4. The van der Waals surface area contributed by atoms with E-state index in [0.29, 0.717) is 23.1 Å². The van der Waals surface area contributed by atoms with Crippen LogP contribution in [0.3, 0.4) is 0 Å². The van der Waals surface area contributed by atoms with E-state index in [4.69, 9.17) is 4.52 Å². The normalized spacial score (nSPS) is 10.6. The molecule has 0 radical (unpaired) electrons. The lowest BCUT2D eigenvalue weighted by Gasteiger charge is -2.18. The zero-order valence-corrected chi connectivity index (χ0v) is 13.1. The summed E-state index contributed by atoms with van der Waals surface area (Å²) in [5.41, 5.74) is 0.860. The molecule has 0 aliphatic rings. The van der Waals surface area contributed by atoms with Gasteiger partial charge in [-0.3, -0.25) is 0 Å². The van der Waals surface area contributed by atoms with Crippen LogP contribution >= 0.6 is 0 Å². The Bertz CT molecular complexity index is 846. The van der Waals surface area contributed by atoms with Gasteiger partial charge in [-0.15, -0.1) is 0 Å². The minimum absolute atomic E-state index is 0.162. The monoisotopic (exact) mass is 330 g/mol. The van der Waals surface area contributed by atoms with Crippen LogP contribution < -0.4 is 5.32 Å². The number of anilines is 1. The minimum Gasteiger partial charge on any atom is -0.340 e. The van der Waals surface area contributed by atoms with Gasteiger partial charge in [0.2, 0.25) is 5.89 Å². The van der Waals surface area contributed by atoms with Gasteiger partial charge in [0.25, 0.3) is 0 Å². The smallest absolute Gasteiger partial charge is 0.322 e. The van der Waals surface area contributed by atoms with Crippen LogP contribution in [-0.2, 0) is 6.54 Å². The summed E-state index contributed by atoms with van der Waals surface area (Å²) in [5.74, 6) is 0.347. The molecule has 24 heavy (non-hydrogen) atoms. The second-order valence-corrected chi connectivity index (χ2v) is 5.13. The first-order valence-electron chi connectivity index (χ1n) is 7.14. The van der Waals surface area contributed by atoms with Crippen molar-refractivity contribution in [3.8, 4) is 5.69 Å². The Morgan fingerprint density at radius 3 is 2.96 bits per heavy atom. The van der Waals surface area contributed by atoms with E-state index in [0.717, 1.165) is 0 Å². The number of amides is 2. The largest absolute Gasteiger partial charge is 0.340 e. The predicted octanol–water partition coefficient (Wildman–Crippen LogP) is 2.37. The number of halogens is 1. The fourth-order valence-electron chi connectivity index (χ4n) is 2.12. The number of aromatic nitrogens is 4. The first-order chi connectivity index (χ1) is 11.5. The molecule has 0 atom stereocenters. The molecule has 2 aromatic heterocycles. The number of nitrogens with zero attached hydrogens (tertiary/aromatic N) is 5. The van der Waals surface area contributed by atoms with Gasteiger partial charge in [0, 0.05) is 26.4 Å². The maximum atomic E-state index is 13.6. The molecule has 0 saturated heterocycles. The summed E-state index contributed by atoms with van der Waals surface area (Å²) < 4.78 is 20.0. The summed E-state index contributed by atoms with van der Waals surface area (Å²) in [6.45, 7) is 1.83. The van der Waals surface area contributed by atoms with Crippen molar-refractivity contribution >= 4 is 11.7 Å². The zero-order chi connectivity index (χ0) is 17.1. The number of benzene rings is 1. The average molecular weight is 330 g/mol. The maximum absolute atomic E-state index is 13.6. The molecule has 8 nitrogen and oxygen atoms in total. The fraction of sp³-hybridized carbons (Fsp3) is 0.200. The van der Waals surface area contributed by atoms with E-state index in [1.165, 1.54) is 21.7 Å². The molecule has 3 rings (SSSR count). The van der Waals surface area contributed by atoms with Gasteiger partial charge < -0.3 is 14.7 Å². The summed E-state index contributed by atoms with van der Waals surface area (Å²) in [6, 6.07) is 5.39. The molecule has 0 unspecified atom stereocenters. The van der Waals surface area contributed by atoms with Crippen molar-refractivity contribution < 1.29 is 13.7 Å². The maximum Gasteiger partial charge on any atom is 0.322 e. The minimum atomic E-state index is -0.461. The van der Waals surface area contributed by atoms with E-state index in [1.54, 1.807) is 38.5 Å². The van der Waals surface area contributed by atoms with Crippen LogP contribution in [0.1, 0.15) is 11.7 Å². The molecule has 3 aromatic rings. The molecule has 0 aliphatic heterocycles. The van der Waals surface area contributed by atoms with Gasteiger partial charge in [-0.05, 0) is 24.3 Å². The number of nitrogens with one attached hydrogen (secondary N) is 1. The van der Waals surface area contributed by atoms with Gasteiger partial charge in [-0.1, -0.05) is 5.16 Å². The molecular formula is C15H15FN6O2. The average Bonchev–Trinajstić information content (AvgIpc) is 3.19. The van der Waals surface area contributed by atoms with Crippen LogP contribution in [0.2, 0.25) is 0 Å². The second kappa shape index (κ2) is 6.49. The highest BCUT2D eigenvalue weighted by Gasteiger charge is 2.15. The molecule has 124 valence electrons. The van der Waals surface area contributed by atoms with Crippen molar-refractivity contribution in [3.63, 3.8) is 0 Å². The Morgan fingerprint density at radius 2 is 2.29 bits per heavy atom. The number of hydrogen-bond donors (Lipinski definition) is 1. The molecule has 2 amide bonds. The number of hydrogen-bond acceptors (Lipinski definition) is 5.